The van der Waals surface area contributed by atoms with Gasteiger partial charge in [0, 0.05) is 13.7 Å². The zero-order valence-electron chi connectivity index (χ0n) is 7.69. The maximum atomic E-state index is 5.44. The van der Waals surface area contributed by atoms with Crippen molar-refractivity contribution < 1.29 is 9.26 Å². The van der Waals surface area contributed by atoms with E-state index < -0.39 is 0 Å². The second kappa shape index (κ2) is 5.21. The Balaban J connectivity index is 2.66. The van der Waals surface area contributed by atoms with E-state index in [9.17, 15) is 0 Å². The Labute approximate surface area is 81.0 Å². The normalized spacial score (nSPS) is 13.2. The molecule has 0 amide bonds. The first-order valence-corrected chi connectivity index (χ1v) is 5.25. The van der Waals surface area contributed by atoms with Crippen molar-refractivity contribution in [3.05, 3.63) is 11.7 Å². The van der Waals surface area contributed by atoms with Crippen LogP contribution in [0, 0.1) is 0 Å². The molecule has 6 heteroatoms. The van der Waals surface area contributed by atoms with Crippen LogP contribution in [0.5, 0.6) is 0 Å². The SMILES string of the molecule is COC(CN)c1nc(CSC)no1. The Kier molecular flexibility index (Phi) is 4.20. The molecule has 2 N–H and O–H groups in total. The Morgan fingerprint density at radius 1 is 1.69 bits per heavy atom. The molecule has 5 nitrogen and oxygen atoms in total. The first-order valence-electron chi connectivity index (χ1n) is 3.86. The van der Waals surface area contributed by atoms with Crippen LogP contribution in [0.1, 0.15) is 17.8 Å². The van der Waals surface area contributed by atoms with E-state index in [1.807, 2.05) is 6.26 Å². The summed E-state index contributed by atoms with van der Waals surface area (Å²) in [6, 6.07) is 0. The summed E-state index contributed by atoms with van der Waals surface area (Å²) in [6.45, 7) is 0.345. The number of hydrogen-bond acceptors (Lipinski definition) is 6. The highest BCUT2D eigenvalue weighted by Crippen LogP contribution is 2.14. The number of rotatable bonds is 5. The van der Waals surface area contributed by atoms with Crippen LogP contribution in [0.15, 0.2) is 4.52 Å². The van der Waals surface area contributed by atoms with Gasteiger partial charge in [0.25, 0.3) is 5.89 Å². The van der Waals surface area contributed by atoms with E-state index in [-0.39, 0.29) is 6.10 Å². The largest absolute Gasteiger partial charge is 0.370 e. The minimum absolute atomic E-state index is 0.289. The van der Waals surface area contributed by atoms with Crippen molar-refractivity contribution in [1.29, 1.82) is 0 Å². The highest BCUT2D eigenvalue weighted by Gasteiger charge is 2.16. The van der Waals surface area contributed by atoms with E-state index >= 15 is 0 Å². The predicted molar refractivity (Wildman–Crippen MR) is 50.3 cm³/mol. The lowest BCUT2D eigenvalue weighted by Crippen LogP contribution is -2.14. The lowest BCUT2D eigenvalue weighted by Gasteiger charge is -2.05. The van der Waals surface area contributed by atoms with Crippen LogP contribution in [0.4, 0.5) is 0 Å². The summed E-state index contributed by atoms with van der Waals surface area (Å²) < 4.78 is 10.0. The third-order valence-corrected chi connectivity index (χ3v) is 2.08. The Hall–Kier alpha value is -0.590. The molecule has 1 atom stereocenters. The molecule has 0 aliphatic carbocycles. The van der Waals surface area contributed by atoms with Crippen LogP contribution < -0.4 is 5.73 Å². The summed E-state index contributed by atoms with van der Waals surface area (Å²) in [4.78, 5) is 4.14. The minimum atomic E-state index is -0.289. The molecule has 0 radical (unpaired) electrons. The highest BCUT2D eigenvalue weighted by atomic mass is 32.2. The zero-order valence-corrected chi connectivity index (χ0v) is 8.50. The Bertz CT molecular complexity index is 250. The molecule has 0 aliphatic rings. The van der Waals surface area contributed by atoms with Gasteiger partial charge in [0.05, 0.1) is 5.75 Å². The number of aromatic nitrogens is 2. The molecule has 74 valence electrons. The van der Waals surface area contributed by atoms with Gasteiger partial charge in [-0.15, -0.1) is 0 Å². The number of nitrogens with two attached hydrogens (primary N) is 1. The summed E-state index contributed by atoms with van der Waals surface area (Å²) in [5.41, 5.74) is 5.44. The molecule has 0 fully saturated rings. The first-order chi connectivity index (χ1) is 6.31. The maximum absolute atomic E-state index is 5.44. The van der Waals surface area contributed by atoms with Crippen LogP contribution in [-0.2, 0) is 10.5 Å². The lowest BCUT2D eigenvalue weighted by molar-refractivity contribution is 0.0804. The van der Waals surface area contributed by atoms with Gasteiger partial charge in [0.15, 0.2) is 5.82 Å². The number of hydrogen-bond donors (Lipinski definition) is 1. The van der Waals surface area contributed by atoms with Crippen LogP contribution in [0.25, 0.3) is 0 Å². The van der Waals surface area contributed by atoms with Crippen molar-refractivity contribution in [3.8, 4) is 0 Å². The van der Waals surface area contributed by atoms with E-state index in [0.717, 1.165) is 5.75 Å². The van der Waals surface area contributed by atoms with E-state index in [1.54, 1.807) is 18.9 Å². The van der Waals surface area contributed by atoms with Crippen molar-refractivity contribution in [3.63, 3.8) is 0 Å². The van der Waals surface area contributed by atoms with E-state index in [2.05, 4.69) is 10.1 Å². The molecule has 0 saturated carbocycles. The van der Waals surface area contributed by atoms with Crippen LogP contribution in [0.3, 0.4) is 0 Å². The van der Waals surface area contributed by atoms with Gasteiger partial charge in [-0.3, -0.25) is 0 Å². The molecule has 1 unspecified atom stereocenters. The van der Waals surface area contributed by atoms with Crippen molar-refractivity contribution >= 4 is 11.8 Å². The highest BCUT2D eigenvalue weighted by molar-refractivity contribution is 7.97. The summed E-state index contributed by atoms with van der Waals surface area (Å²) in [7, 11) is 1.57. The van der Waals surface area contributed by atoms with Gasteiger partial charge in [0.1, 0.15) is 6.10 Å². The average Bonchev–Trinajstić information content (AvgIpc) is 2.56. The van der Waals surface area contributed by atoms with Crippen molar-refractivity contribution in [2.45, 2.75) is 11.9 Å². The molecule has 0 aromatic carbocycles. The molecule has 0 bridgehead atoms. The number of ether oxygens (including phenoxy) is 1. The average molecular weight is 203 g/mol. The quantitative estimate of drug-likeness (QED) is 0.754. The second-order valence-electron chi connectivity index (χ2n) is 2.44. The third kappa shape index (κ3) is 2.68. The van der Waals surface area contributed by atoms with Gasteiger partial charge in [-0.05, 0) is 6.26 Å². The number of thioether (sulfide) groups is 1. The number of nitrogens with zero attached hydrogens (tertiary/aromatic N) is 2. The van der Waals surface area contributed by atoms with Crippen LogP contribution >= 0.6 is 11.8 Å². The van der Waals surface area contributed by atoms with Gasteiger partial charge < -0.3 is 15.0 Å². The second-order valence-corrected chi connectivity index (χ2v) is 3.31. The van der Waals surface area contributed by atoms with Crippen molar-refractivity contribution in [2.24, 2.45) is 5.73 Å². The molecule has 0 spiro atoms. The summed E-state index contributed by atoms with van der Waals surface area (Å²) >= 11 is 1.64. The molecule has 1 aromatic heterocycles. The fourth-order valence-corrected chi connectivity index (χ4v) is 1.26. The fraction of sp³-hybridized carbons (Fsp3) is 0.714. The van der Waals surface area contributed by atoms with Gasteiger partial charge in [-0.2, -0.15) is 16.7 Å². The Morgan fingerprint density at radius 3 is 3.00 bits per heavy atom. The van der Waals surface area contributed by atoms with E-state index in [1.165, 1.54) is 0 Å². The van der Waals surface area contributed by atoms with Gasteiger partial charge in [0.2, 0.25) is 0 Å². The Morgan fingerprint density at radius 2 is 2.46 bits per heavy atom. The fourth-order valence-electron chi connectivity index (χ4n) is 0.884. The molecular weight excluding hydrogens is 190 g/mol. The van der Waals surface area contributed by atoms with Crippen molar-refractivity contribution in [1.82, 2.24) is 10.1 Å². The third-order valence-electron chi connectivity index (χ3n) is 1.53. The smallest absolute Gasteiger partial charge is 0.257 e. The number of methoxy groups -OCH3 is 1. The summed E-state index contributed by atoms with van der Waals surface area (Å²) in [6.07, 6.45) is 1.69. The van der Waals surface area contributed by atoms with Crippen LogP contribution in [0.2, 0.25) is 0 Å². The molecule has 0 saturated heterocycles. The summed E-state index contributed by atoms with van der Waals surface area (Å²) in [5, 5.41) is 3.78. The summed E-state index contributed by atoms with van der Waals surface area (Å²) in [5.74, 6) is 1.87. The standard InChI is InChI=1S/C7H13N3O2S/c1-11-5(3-8)7-9-6(4-13-2)10-12-7/h5H,3-4,8H2,1-2H3. The first kappa shape index (κ1) is 10.5. The van der Waals surface area contributed by atoms with Crippen LogP contribution in [-0.4, -0.2) is 30.1 Å². The van der Waals surface area contributed by atoms with E-state index in [4.69, 9.17) is 15.0 Å². The predicted octanol–water partition coefficient (Wildman–Crippen LogP) is 0.579. The molecule has 13 heavy (non-hydrogen) atoms. The maximum Gasteiger partial charge on any atom is 0.257 e. The van der Waals surface area contributed by atoms with E-state index in [0.29, 0.717) is 18.3 Å². The molecule has 1 aromatic rings. The zero-order chi connectivity index (χ0) is 9.68. The molecule has 1 heterocycles. The monoisotopic (exact) mass is 203 g/mol. The van der Waals surface area contributed by atoms with Gasteiger partial charge in [-0.1, -0.05) is 5.16 Å². The molecular formula is C7H13N3O2S. The molecule has 0 aliphatic heterocycles. The lowest BCUT2D eigenvalue weighted by atomic mass is 10.3. The van der Waals surface area contributed by atoms with Gasteiger partial charge in [-0.25, -0.2) is 0 Å². The topological polar surface area (TPSA) is 74.2 Å². The van der Waals surface area contributed by atoms with Crippen molar-refractivity contribution in [2.75, 3.05) is 19.9 Å². The molecule has 1 rings (SSSR count). The van der Waals surface area contributed by atoms with Gasteiger partial charge >= 0.3 is 0 Å². The minimum Gasteiger partial charge on any atom is -0.370 e.